The molecule has 0 aliphatic carbocycles. The number of rotatable bonds is 5. The lowest BCUT2D eigenvalue weighted by molar-refractivity contribution is 0.0394. The van der Waals surface area contributed by atoms with E-state index in [9.17, 15) is 0 Å². The van der Waals surface area contributed by atoms with Crippen LogP contribution in [0.25, 0.3) is 5.65 Å². The molecule has 0 amide bonds. The van der Waals surface area contributed by atoms with E-state index < -0.39 is 0 Å². The smallest absolute Gasteiger partial charge is 0.203 e. The predicted molar refractivity (Wildman–Crippen MR) is 75.9 cm³/mol. The molecule has 0 atom stereocenters. The molecule has 1 saturated heterocycles. The zero-order valence-corrected chi connectivity index (χ0v) is 11.7. The van der Waals surface area contributed by atoms with E-state index in [2.05, 4.69) is 25.8 Å². The fourth-order valence-electron chi connectivity index (χ4n) is 2.42. The van der Waals surface area contributed by atoms with Crippen molar-refractivity contribution in [1.82, 2.24) is 24.9 Å². The number of nitrogens with one attached hydrogen (secondary N) is 2. The summed E-state index contributed by atoms with van der Waals surface area (Å²) in [7, 11) is 0. The van der Waals surface area contributed by atoms with Crippen molar-refractivity contribution in [2.24, 2.45) is 0 Å². The zero-order valence-electron chi connectivity index (χ0n) is 11.7. The Bertz CT molecular complexity index is 563. The van der Waals surface area contributed by atoms with E-state index in [1.165, 1.54) is 0 Å². The molecule has 1 aliphatic rings. The van der Waals surface area contributed by atoms with E-state index in [4.69, 9.17) is 4.74 Å². The van der Waals surface area contributed by atoms with Gasteiger partial charge < -0.3 is 15.4 Å². The van der Waals surface area contributed by atoms with Gasteiger partial charge in [0.1, 0.15) is 5.82 Å². The summed E-state index contributed by atoms with van der Waals surface area (Å²) >= 11 is 0. The average molecular weight is 276 g/mol. The van der Waals surface area contributed by atoms with Crippen LogP contribution in [0.5, 0.6) is 0 Å². The maximum atomic E-state index is 5.85. The lowest BCUT2D eigenvalue weighted by Crippen LogP contribution is -2.33. The third-order valence-corrected chi connectivity index (χ3v) is 3.53. The topological polar surface area (TPSA) is 76.4 Å². The van der Waals surface area contributed by atoms with Gasteiger partial charge in [-0.05, 0) is 32.9 Å². The molecule has 0 bridgehead atoms. The predicted octanol–water partition coefficient (Wildman–Crippen LogP) is 0.613. The van der Waals surface area contributed by atoms with Gasteiger partial charge in [0.25, 0.3) is 0 Å². The first-order chi connectivity index (χ1) is 9.84. The molecule has 3 rings (SSSR count). The van der Waals surface area contributed by atoms with Gasteiger partial charge in [-0.1, -0.05) is 0 Å². The van der Waals surface area contributed by atoms with Crippen LogP contribution < -0.4 is 10.6 Å². The number of nitrogens with zero attached hydrogens (tertiary/aromatic N) is 4. The number of piperidine rings is 1. The second kappa shape index (κ2) is 6.15. The number of anilines is 1. The number of fused-ring (bicyclic) bond motifs is 1. The first-order valence-electron chi connectivity index (χ1n) is 7.07. The van der Waals surface area contributed by atoms with Crippen molar-refractivity contribution in [2.45, 2.75) is 25.9 Å². The number of aryl methyl sites for hydroxylation is 1. The molecule has 0 radical (unpaired) electrons. The third-order valence-electron chi connectivity index (χ3n) is 3.53. The van der Waals surface area contributed by atoms with E-state index in [1.807, 2.05) is 17.5 Å². The van der Waals surface area contributed by atoms with Gasteiger partial charge >= 0.3 is 0 Å². The molecule has 2 aromatic heterocycles. The van der Waals surface area contributed by atoms with E-state index >= 15 is 0 Å². The minimum atomic E-state index is 0.386. The Morgan fingerprint density at radius 3 is 3.10 bits per heavy atom. The summed E-state index contributed by atoms with van der Waals surface area (Å²) in [6.45, 7) is 5.43. The number of hydrogen-bond acceptors (Lipinski definition) is 6. The quantitative estimate of drug-likeness (QED) is 0.779. The molecule has 0 unspecified atom stereocenters. The fourth-order valence-corrected chi connectivity index (χ4v) is 2.42. The molecule has 7 heteroatoms. The van der Waals surface area contributed by atoms with Crippen molar-refractivity contribution in [3.8, 4) is 0 Å². The third kappa shape index (κ3) is 2.88. The second-order valence-corrected chi connectivity index (χ2v) is 4.96. The molecule has 2 aromatic rings. The molecule has 7 nitrogen and oxygen atoms in total. The standard InChI is InChI=1S/C13H20N6O/c1-10-17-18-13-12(15-6-8-19(10)13)16-7-9-20-11-2-4-14-5-3-11/h6,8,11,14H,2-5,7,9H2,1H3,(H,15,16). The highest BCUT2D eigenvalue weighted by atomic mass is 16.5. The molecular formula is C13H20N6O. The second-order valence-electron chi connectivity index (χ2n) is 4.96. The number of ether oxygens (including phenoxy) is 1. The van der Waals surface area contributed by atoms with Crippen LogP contribution in [0, 0.1) is 6.92 Å². The van der Waals surface area contributed by atoms with Crippen molar-refractivity contribution >= 4 is 11.5 Å². The highest BCUT2D eigenvalue weighted by Gasteiger charge is 2.13. The minimum absolute atomic E-state index is 0.386. The molecule has 0 saturated carbocycles. The Morgan fingerprint density at radius 1 is 1.40 bits per heavy atom. The van der Waals surface area contributed by atoms with Crippen LogP contribution in [0.1, 0.15) is 18.7 Å². The van der Waals surface area contributed by atoms with Crippen molar-refractivity contribution < 1.29 is 4.74 Å². The highest BCUT2D eigenvalue weighted by molar-refractivity contribution is 5.61. The Morgan fingerprint density at radius 2 is 2.25 bits per heavy atom. The molecule has 20 heavy (non-hydrogen) atoms. The minimum Gasteiger partial charge on any atom is -0.376 e. The van der Waals surface area contributed by atoms with E-state index in [1.54, 1.807) is 6.20 Å². The maximum Gasteiger partial charge on any atom is 0.203 e. The molecule has 0 spiro atoms. The largest absolute Gasteiger partial charge is 0.376 e. The normalized spacial score (nSPS) is 16.6. The summed E-state index contributed by atoms with van der Waals surface area (Å²) in [6.07, 6.45) is 6.19. The Kier molecular flexibility index (Phi) is 4.08. The summed E-state index contributed by atoms with van der Waals surface area (Å²) in [5, 5.41) is 14.8. The monoisotopic (exact) mass is 276 g/mol. The van der Waals surface area contributed by atoms with Gasteiger partial charge in [0.2, 0.25) is 5.65 Å². The molecular weight excluding hydrogens is 256 g/mol. The van der Waals surface area contributed by atoms with Crippen molar-refractivity contribution in [3.05, 3.63) is 18.2 Å². The van der Waals surface area contributed by atoms with Crippen molar-refractivity contribution in [2.75, 3.05) is 31.6 Å². The van der Waals surface area contributed by atoms with Crippen LogP contribution in [0.4, 0.5) is 5.82 Å². The van der Waals surface area contributed by atoms with Crippen LogP contribution in [0.2, 0.25) is 0 Å². The van der Waals surface area contributed by atoms with Gasteiger partial charge in [0.15, 0.2) is 5.82 Å². The van der Waals surface area contributed by atoms with Crippen LogP contribution in [0.15, 0.2) is 12.4 Å². The molecule has 1 fully saturated rings. The lowest BCUT2D eigenvalue weighted by Gasteiger charge is -2.23. The molecule has 2 N–H and O–H groups in total. The maximum absolute atomic E-state index is 5.85. The summed E-state index contributed by atoms with van der Waals surface area (Å²) in [4.78, 5) is 4.30. The molecule has 0 aromatic carbocycles. The average Bonchev–Trinajstić information content (AvgIpc) is 2.87. The van der Waals surface area contributed by atoms with Crippen LogP contribution in [-0.4, -0.2) is 51.9 Å². The molecule has 108 valence electrons. The van der Waals surface area contributed by atoms with E-state index in [0.29, 0.717) is 12.7 Å². The summed E-state index contributed by atoms with van der Waals surface area (Å²) in [5.41, 5.74) is 0.756. The summed E-state index contributed by atoms with van der Waals surface area (Å²) in [6, 6.07) is 0. The zero-order chi connectivity index (χ0) is 13.8. The van der Waals surface area contributed by atoms with Crippen LogP contribution in [-0.2, 0) is 4.74 Å². The van der Waals surface area contributed by atoms with Gasteiger partial charge in [-0.15, -0.1) is 10.2 Å². The van der Waals surface area contributed by atoms with Crippen LogP contribution >= 0.6 is 0 Å². The van der Waals surface area contributed by atoms with Gasteiger partial charge in [-0.25, -0.2) is 4.98 Å². The molecule has 1 aliphatic heterocycles. The first-order valence-corrected chi connectivity index (χ1v) is 7.07. The number of aromatic nitrogens is 4. The van der Waals surface area contributed by atoms with Crippen LogP contribution in [0.3, 0.4) is 0 Å². The Hall–Kier alpha value is -1.73. The van der Waals surface area contributed by atoms with E-state index in [0.717, 1.165) is 49.8 Å². The van der Waals surface area contributed by atoms with E-state index in [-0.39, 0.29) is 0 Å². The Balaban J connectivity index is 1.52. The van der Waals surface area contributed by atoms with Gasteiger partial charge in [-0.2, -0.15) is 0 Å². The van der Waals surface area contributed by atoms with Gasteiger partial charge in [0.05, 0.1) is 12.7 Å². The number of hydrogen-bond donors (Lipinski definition) is 2. The van der Waals surface area contributed by atoms with Crippen molar-refractivity contribution in [1.29, 1.82) is 0 Å². The fraction of sp³-hybridized carbons (Fsp3) is 0.615. The van der Waals surface area contributed by atoms with Crippen molar-refractivity contribution in [3.63, 3.8) is 0 Å². The lowest BCUT2D eigenvalue weighted by atomic mass is 10.1. The summed E-state index contributed by atoms with van der Waals surface area (Å²) < 4.78 is 7.77. The highest BCUT2D eigenvalue weighted by Crippen LogP contribution is 2.12. The van der Waals surface area contributed by atoms with Gasteiger partial charge in [-0.3, -0.25) is 4.40 Å². The summed E-state index contributed by atoms with van der Waals surface area (Å²) in [5.74, 6) is 1.61. The van der Waals surface area contributed by atoms with Gasteiger partial charge in [0, 0.05) is 18.9 Å². The SMILES string of the molecule is Cc1nnc2c(NCCOC3CCNCC3)nccn12. The molecule has 3 heterocycles. The first kappa shape index (κ1) is 13.3. The Labute approximate surface area is 117 Å².